The number of aliphatic imine (C=N–C) groups is 1. The summed E-state index contributed by atoms with van der Waals surface area (Å²) < 4.78 is 0. The number of ketones is 1. The van der Waals surface area contributed by atoms with E-state index in [-0.39, 0.29) is 17.6 Å². The number of alkyl halides is 1. The Morgan fingerprint density at radius 2 is 1.90 bits per heavy atom. The number of nitrogens with zero attached hydrogens (tertiary/aromatic N) is 1. The third-order valence-corrected chi connectivity index (χ3v) is 6.95. The van der Waals surface area contributed by atoms with Gasteiger partial charge in [0.1, 0.15) is 5.78 Å². The molecule has 0 aromatic heterocycles. The lowest BCUT2D eigenvalue weighted by Crippen LogP contribution is -2.39. The van der Waals surface area contributed by atoms with E-state index in [2.05, 4.69) is 54.2 Å². The van der Waals surface area contributed by atoms with Crippen LogP contribution < -0.4 is 0 Å². The summed E-state index contributed by atoms with van der Waals surface area (Å²) in [4.78, 5) is 16.9. The van der Waals surface area contributed by atoms with Crippen LogP contribution in [0.2, 0.25) is 0 Å². The first-order chi connectivity index (χ1) is 13.4. The number of hydrogen-bond donors (Lipinski definition) is 0. The summed E-state index contributed by atoms with van der Waals surface area (Å²) in [5.74, 6) is 0.324. The number of allylic oxidation sites excluding steroid dienone is 3. The topological polar surface area (TPSA) is 29.4 Å². The van der Waals surface area contributed by atoms with Crippen molar-refractivity contribution in [2.45, 2.75) is 72.6 Å². The number of benzene rings is 1. The van der Waals surface area contributed by atoms with E-state index in [9.17, 15) is 4.79 Å². The lowest BCUT2D eigenvalue weighted by Gasteiger charge is -2.44. The van der Waals surface area contributed by atoms with Gasteiger partial charge in [0.25, 0.3) is 0 Å². The first-order valence-corrected chi connectivity index (χ1v) is 11.0. The van der Waals surface area contributed by atoms with Crippen LogP contribution in [0.5, 0.6) is 0 Å². The van der Waals surface area contributed by atoms with Crippen molar-refractivity contribution in [2.24, 2.45) is 22.2 Å². The first kappa shape index (κ1) is 23.6. The van der Waals surface area contributed by atoms with Crippen LogP contribution in [0.25, 0.3) is 0 Å². The molecule has 0 saturated carbocycles. The van der Waals surface area contributed by atoms with Gasteiger partial charge in [-0.25, -0.2) is 0 Å². The van der Waals surface area contributed by atoms with Gasteiger partial charge < -0.3 is 0 Å². The maximum atomic E-state index is 12.4. The molecule has 0 aliphatic heterocycles. The van der Waals surface area contributed by atoms with Gasteiger partial charge in [-0.15, -0.1) is 18.2 Å². The summed E-state index contributed by atoms with van der Waals surface area (Å²) in [5, 5.41) is 0. The fourth-order valence-electron chi connectivity index (χ4n) is 4.54. The second-order valence-corrected chi connectivity index (χ2v) is 10.1. The summed E-state index contributed by atoms with van der Waals surface area (Å²) >= 11 is 6.89. The Bertz CT molecular complexity index is 843. The Morgan fingerprint density at radius 3 is 2.41 bits per heavy atom. The lowest BCUT2D eigenvalue weighted by atomic mass is 9.61. The van der Waals surface area contributed by atoms with Crippen molar-refractivity contribution in [1.29, 1.82) is 0 Å². The molecular weight excluding hydrogens is 378 g/mol. The predicted octanol–water partition coefficient (Wildman–Crippen LogP) is 7.62. The van der Waals surface area contributed by atoms with Crippen LogP contribution in [0.4, 0.5) is 5.69 Å². The molecule has 3 unspecified atom stereocenters. The van der Waals surface area contributed by atoms with Crippen LogP contribution >= 0.6 is 11.6 Å². The summed E-state index contributed by atoms with van der Waals surface area (Å²) in [6.07, 6.45) is 4.99. The van der Waals surface area contributed by atoms with E-state index in [1.54, 1.807) is 6.92 Å². The minimum Gasteiger partial charge on any atom is -0.300 e. The zero-order chi connectivity index (χ0) is 22.0. The van der Waals surface area contributed by atoms with Gasteiger partial charge in [0.15, 0.2) is 0 Å². The van der Waals surface area contributed by atoms with Crippen LogP contribution in [-0.4, -0.2) is 16.4 Å². The Morgan fingerprint density at radius 1 is 1.28 bits per heavy atom. The van der Waals surface area contributed by atoms with Crippen molar-refractivity contribution < 1.29 is 4.79 Å². The Hall–Kier alpha value is -1.67. The molecule has 1 aliphatic carbocycles. The fraction of sp³-hybridized carbons (Fsp3) is 0.538. The highest BCUT2D eigenvalue weighted by Crippen LogP contribution is 2.50. The average Bonchev–Trinajstić information content (AvgIpc) is 2.67. The zero-order valence-corrected chi connectivity index (χ0v) is 19.9. The highest BCUT2D eigenvalue weighted by Gasteiger charge is 2.43. The van der Waals surface area contributed by atoms with E-state index in [0.29, 0.717) is 0 Å². The predicted molar refractivity (Wildman–Crippen MR) is 126 cm³/mol. The quantitative estimate of drug-likeness (QED) is 0.257. The van der Waals surface area contributed by atoms with Crippen LogP contribution in [0.3, 0.4) is 0 Å². The molecule has 1 aromatic rings. The highest BCUT2D eigenvalue weighted by molar-refractivity contribution is 6.25. The number of carbonyl (C=O) groups is 1. The van der Waals surface area contributed by atoms with Crippen molar-refractivity contribution >= 4 is 28.8 Å². The van der Waals surface area contributed by atoms with Gasteiger partial charge in [-0.05, 0) is 83.9 Å². The van der Waals surface area contributed by atoms with E-state index in [1.165, 1.54) is 11.1 Å². The summed E-state index contributed by atoms with van der Waals surface area (Å²) in [6, 6.07) is 8.15. The molecule has 0 amide bonds. The molecule has 1 aromatic carbocycles. The summed E-state index contributed by atoms with van der Waals surface area (Å²) in [6.45, 7) is 18.4. The smallest absolute Gasteiger partial charge is 0.133 e. The van der Waals surface area contributed by atoms with Gasteiger partial charge in [-0.2, -0.15) is 0 Å². The molecule has 1 aliphatic rings. The van der Waals surface area contributed by atoms with E-state index < -0.39 is 10.3 Å². The van der Waals surface area contributed by atoms with Crippen LogP contribution in [0.1, 0.15) is 66.4 Å². The van der Waals surface area contributed by atoms with E-state index in [1.807, 2.05) is 24.3 Å². The number of rotatable bonds is 7. The maximum absolute atomic E-state index is 12.4. The van der Waals surface area contributed by atoms with Gasteiger partial charge in [0, 0.05) is 17.0 Å². The molecule has 29 heavy (non-hydrogen) atoms. The third kappa shape index (κ3) is 4.91. The lowest BCUT2D eigenvalue weighted by molar-refractivity contribution is -0.121. The number of para-hydroxylation sites is 1. The molecule has 0 spiro atoms. The molecule has 158 valence electrons. The van der Waals surface area contributed by atoms with Crippen molar-refractivity contribution in [1.82, 2.24) is 0 Å². The Balaban J connectivity index is 2.74. The van der Waals surface area contributed by atoms with E-state index in [4.69, 9.17) is 16.6 Å². The highest BCUT2D eigenvalue weighted by atomic mass is 35.5. The number of hydrogen-bond acceptors (Lipinski definition) is 2. The second-order valence-electron chi connectivity index (χ2n) is 9.15. The number of carbonyl (C=O) groups excluding carboxylic acids is 1. The maximum Gasteiger partial charge on any atom is 0.133 e. The van der Waals surface area contributed by atoms with E-state index >= 15 is 0 Å². The standard InChI is InChI=1S/C26H36ClNO/c1-9-26(8,20(5)28-23-16-11-10-13-17(23)2)24-21(18(3)19(4)29)14-12-15-22(24)25(6,7)27/h9-11,13,16,18,21H,1,12,14-15H2,2-8H3. The minimum absolute atomic E-state index is 0.0511. The largest absolute Gasteiger partial charge is 0.300 e. The second kappa shape index (κ2) is 9.00. The number of Topliss-reactive ketones (excluding diaryl/α,β-unsaturated/α-hetero) is 1. The van der Waals surface area contributed by atoms with Crippen LogP contribution in [0, 0.1) is 24.2 Å². The number of halogens is 1. The molecule has 0 radical (unpaired) electrons. The van der Waals surface area contributed by atoms with Crippen molar-refractivity contribution in [3.05, 3.63) is 53.6 Å². The average molecular weight is 414 g/mol. The summed E-state index contributed by atoms with van der Waals surface area (Å²) in [7, 11) is 0. The molecule has 2 rings (SSSR count). The minimum atomic E-state index is -0.474. The Kier molecular flexibility index (Phi) is 7.32. The van der Waals surface area contributed by atoms with Crippen molar-refractivity contribution in [2.75, 3.05) is 0 Å². The van der Waals surface area contributed by atoms with Crippen LogP contribution in [-0.2, 0) is 4.79 Å². The molecule has 3 heteroatoms. The molecule has 0 fully saturated rings. The van der Waals surface area contributed by atoms with Gasteiger partial charge in [-0.1, -0.05) is 36.8 Å². The van der Waals surface area contributed by atoms with E-state index in [0.717, 1.165) is 36.2 Å². The molecule has 3 atom stereocenters. The molecule has 0 heterocycles. The van der Waals surface area contributed by atoms with Gasteiger partial charge in [-0.3, -0.25) is 9.79 Å². The fourth-order valence-corrected chi connectivity index (χ4v) is 4.74. The van der Waals surface area contributed by atoms with Gasteiger partial charge in [0.2, 0.25) is 0 Å². The normalized spacial score (nSPS) is 21.5. The third-order valence-electron chi connectivity index (χ3n) is 6.72. The SMILES string of the molecule is C=CC(C)(C(C)=Nc1ccccc1C)C1=C(C(C)(C)Cl)CCCC1C(C)C(C)=O. The van der Waals surface area contributed by atoms with Crippen molar-refractivity contribution in [3.8, 4) is 0 Å². The molecular formula is C26H36ClNO. The zero-order valence-electron chi connectivity index (χ0n) is 19.1. The Labute approximate surface area is 182 Å². The molecule has 0 N–H and O–H groups in total. The first-order valence-electron chi connectivity index (χ1n) is 10.6. The van der Waals surface area contributed by atoms with Crippen molar-refractivity contribution in [3.63, 3.8) is 0 Å². The molecule has 2 nitrogen and oxygen atoms in total. The van der Waals surface area contributed by atoms with Crippen LogP contribution in [0.15, 0.2) is 53.1 Å². The monoisotopic (exact) mass is 413 g/mol. The van der Waals surface area contributed by atoms with Gasteiger partial charge in [0.05, 0.1) is 10.6 Å². The summed E-state index contributed by atoms with van der Waals surface area (Å²) in [5.41, 5.74) is 5.12. The molecule has 0 bridgehead atoms. The van der Waals surface area contributed by atoms with Gasteiger partial charge >= 0.3 is 0 Å². The molecule has 0 saturated heterocycles. The number of aryl methyl sites for hydroxylation is 1.